The van der Waals surface area contributed by atoms with Crippen molar-refractivity contribution in [1.82, 2.24) is 0 Å². The molecule has 0 aliphatic heterocycles. The van der Waals surface area contributed by atoms with Crippen LogP contribution in [-0.4, -0.2) is 0 Å². The Morgan fingerprint density at radius 1 is 0.585 bits per heavy atom. The minimum Gasteiger partial charge on any atom is -0.0988 e. The Kier molecular flexibility index (Phi) is 12.4. The third kappa shape index (κ3) is 7.56. The number of aryl methyl sites for hydroxylation is 1. The summed E-state index contributed by atoms with van der Waals surface area (Å²) in [5.74, 6) is 0. The van der Waals surface area contributed by atoms with Gasteiger partial charge in [0.2, 0.25) is 0 Å². The maximum atomic E-state index is 4.23. The molecule has 2 aliphatic rings. The molecule has 11 rings (SSSR count). The van der Waals surface area contributed by atoms with Crippen molar-refractivity contribution >= 4 is 71.1 Å². The minimum absolute atomic E-state index is 0.977. The van der Waals surface area contributed by atoms with Crippen molar-refractivity contribution in [2.75, 3.05) is 0 Å². The molecule has 0 atom stereocenters. The number of allylic oxidation sites excluding steroid dienone is 8. The summed E-state index contributed by atoms with van der Waals surface area (Å²) >= 11 is 0. The lowest BCUT2D eigenvalue weighted by molar-refractivity contribution is 0.920. The van der Waals surface area contributed by atoms with Gasteiger partial charge in [0.15, 0.2) is 0 Å². The molecule has 9 aromatic carbocycles. The first kappa shape index (κ1) is 43.2. The maximum Gasteiger partial charge on any atom is -0.00258 e. The van der Waals surface area contributed by atoms with Crippen LogP contribution in [0.1, 0.15) is 89.1 Å². The molecule has 0 fully saturated rings. The number of benzene rings is 9. The molecule has 9 aromatic rings. The predicted molar refractivity (Wildman–Crippen MR) is 290 cm³/mol. The minimum atomic E-state index is 0.977. The van der Waals surface area contributed by atoms with Crippen molar-refractivity contribution in [2.45, 2.75) is 74.1 Å². The van der Waals surface area contributed by atoms with Crippen LogP contribution in [0.2, 0.25) is 0 Å². The number of rotatable bonds is 8. The lowest BCUT2D eigenvalue weighted by Crippen LogP contribution is -2.04. The fourth-order valence-corrected chi connectivity index (χ4v) is 10.5. The Hall–Kier alpha value is -7.02. The maximum absolute atomic E-state index is 4.23. The summed E-state index contributed by atoms with van der Waals surface area (Å²) in [6, 6.07) is 53.4. The standard InChI is InChI=1S/C61H48.2C2H6/c1-5-14-45-34-56-57(37-54(45)50(15-6-2)38(4)7-3)59(48-28-24-39-16-8-10-18-43(39)32-48)52-31-30-46(35-55(52)60(56)49-29-25-40-17-9-11-19-44(40)33-49)53-36-47-22-12-20-41-26-27-42-21-13-23-51(53)61(42)58(41)47;2*1-2/h6-13,15-19,21-26,28-37H,3,5,14,20,27H2,1-2,4H3;2*1-2H3/b15-6-,50-38+;;. The first-order valence-electron chi connectivity index (χ1n) is 24.0. The van der Waals surface area contributed by atoms with E-state index in [-0.39, 0.29) is 0 Å². The Balaban J connectivity index is 0.00000130. The highest BCUT2D eigenvalue weighted by molar-refractivity contribution is 6.24. The largest absolute Gasteiger partial charge is 0.0988 e. The van der Waals surface area contributed by atoms with Gasteiger partial charge in [-0.1, -0.05) is 187 Å². The van der Waals surface area contributed by atoms with Crippen LogP contribution in [0.5, 0.6) is 0 Å². The van der Waals surface area contributed by atoms with E-state index in [1.165, 1.54) is 132 Å². The lowest BCUT2D eigenvalue weighted by Gasteiger charge is -2.25. The van der Waals surface area contributed by atoms with Gasteiger partial charge in [-0.25, -0.2) is 0 Å². The summed E-state index contributed by atoms with van der Waals surface area (Å²) in [5.41, 5.74) is 18.3. The van der Waals surface area contributed by atoms with E-state index in [0.717, 1.165) is 25.7 Å². The SMILES string of the molecule is C=C/C(C)=C(\C=C/C)c1cc2c(-c3ccc4ccccc4c3)c3ccc(-c4cc5c6c7c(cccc47)CC=C6CC=C5)cc3c(-c3ccc4ccccc4c3)c2cc1CCC.CC.CC. The van der Waals surface area contributed by atoms with Gasteiger partial charge in [-0.2, -0.15) is 0 Å². The molecule has 0 amide bonds. The Morgan fingerprint density at radius 2 is 1.22 bits per heavy atom. The van der Waals surface area contributed by atoms with Gasteiger partial charge in [-0.05, 0) is 201 Å². The average molecular weight is 841 g/mol. The molecule has 0 saturated heterocycles. The van der Waals surface area contributed by atoms with E-state index in [0.29, 0.717) is 0 Å². The van der Waals surface area contributed by atoms with Gasteiger partial charge in [0.25, 0.3) is 0 Å². The highest BCUT2D eigenvalue weighted by atomic mass is 14.3. The lowest BCUT2D eigenvalue weighted by atomic mass is 9.78. The van der Waals surface area contributed by atoms with Crippen molar-refractivity contribution in [3.63, 3.8) is 0 Å². The third-order valence-corrected chi connectivity index (χ3v) is 13.4. The Bertz CT molecular complexity index is 3450. The summed E-state index contributed by atoms with van der Waals surface area (Å²) in [7, 11) is 0. The van der Waals surface area contributed by atoms with Gasteiger partial charge in [0, 0.05) is 0 Å². The number of hydrogen-bond donors (Lipinski definition) is 0. The van der Waals surface area contributed by atoms with Crippen molar-refractivity contribution in [2.24, 2.45) is 0 Å². The molecule has 0 radical (unpaired) electrons. The molecular formula is C65H60. The number of fused-ring (bicyclic) bond motifs is 4. The summed E-state index contributed by atoms with van der Waals surface area (Å²) in [4.78, 5) is 0. The molecule has 0 heterocycles. The second-order valence-electron chi connectivity index (χ2n) is 17.0. The van der Waals surface area contributed by atoms with E-state index < -0.39 is 0 Å². The van der Waals surface area contributed by atoms with E-state index >= 15 is 0 Å². The van der Waals surface area contributed by atoms with E-state index in [2.05, 4.69) is 197 Å². The summed E-state index contributed by atoms with van der Waals surface area (Å²) in [5, 5.41) is 12.9. The van der Waals surface area contributed by atoms with Crippen LogP contribution < -0.4 is 0 Å². The molecule has 0 aromatic heterocycles. The predicted octanol–water partition coefficient (Wildman–Crippen LogP) is 19.4. The fourth-order valence-electron chi connectivity index (χ4n) is 10.5. The van der Waals surface area contributed by atoms with Crippen molar-refractivity contribution in [1.29, 1.82) is 0 Å². The zero-order valence-corrected chi connectivity index (χ0v) is 39.3. The Labute approximate surface area is 386 Å². The molecule has 0 unspecified atom stereocenters. The van der Waals surface area contributed by atoms with Crippen molar-refractivity contribution in [3.05, 3.63) is 210 Å². The summed E-state index contributed by atoms with van der Waals surface area (Å²) in [6.07, 6.45) is 17.6. The second kappa shape index (κ2) is 18.6. The molecule has 0 saturated carbocycles. The topological polar surface area (TPSA) is 0 Å². The van der Waals surface area contributed by atoms with Crippen molar-refractivity contribution < 1.29 is 0 Å². The highest BCUT2D eigenvalue weighted by Crippen LogP contribution is 2.49. The van der Waals surface area contributed by atoms with Gasteiger partial charge in [0.1, 0.15) is 0 Å². The van der Waals surface area contributed by atoms with Gasteiger partial charge in [-0.3, -0.25) is 0 Å². The smallest absolute Gasteiger partial charge is 0.00258 e. The van der Waals surface area contributed by atoms with E-state index in [1.54, 1.807) is 0 Å². The summed E-state index contributed by atoms with van der Waals surface area (Å²) in [6.45, 7) is 18.8. The average Bonchev–Trinajstić information content (AvgIpc) is 3.37. The van der Waals surface area contributed by atoms with Crippen LogP contribution in [0.4, 0.5) is 0 Å². The molecule has 0 heteroatoms. The van der Waals surface area contributed by atoms with Gasteiger partial charge < -0.3 is 0 Å². The molecule has 0 spiro atoms. The number of hydrogen-bond acceptors (Lipinski definition) is 0. The monoisotopic (exact) mass is 840 g/mol. The van der Waals surface area contributed by atoms with Crippen LogP contribution >= 0.6 is 0 Å². The fraction of sp³-hybridized carbons (Fsp3) is 0.169. The van der Waals surface area contributed by atoms with Crippen LogP contribution in [0.25, 0.3) is 104 Å². The van der Waals surface area contributed by atoms with E-state index in [4.69, 9.17) is 0 Å². The van der Waals surface area contributed by atoms with Crippen LogP contribution in [-0.2, 0) is 12.8 Å². The molecule has 65 heavy (non-hydrogen) atoms. The normalized spacial score (nSPS) is 13.1. The zero-order valence-electron chi connectivity index (χ0n) is 39.3. The second-order valence-corrected chi connectivity index (χ2v) is 17.0. The molecule has 0 bridgehead atoms. The molecule has 0 nitrogen and oxygen atoms in total. The first-order chi connectivity index (χ1) is 32.0. The third-order valence-electron chi connectivity index (χ3n) is 13.4. The highest BCUT2D eigenvalue weighted by Gasteiger charge is 2.24. The van der Waals surface area contributed by atoms with Crippen LogP contribution in [0, 0.1) is 0 Å². The first-order valence-corrected chi connectivity index (χ1v) is 24.0. The van der Waals surface area contributed by atoms with Crippen molar-refractivity contribution in [3.8, 4) is 33.4 Å². The summed E-state index contributed by atoms with van der Waals surface area (Å²) < 4.78 is 0. The van der Waals surface area contributed by atoms with Crippen LogP contribution in [0.3, 0.4) is 0 Å². The quantitative estimate of drug-likeness (QED) is 0.106. The molecule has 0 N–H and O–H groups in total. The van der Waals surface area contributed by atoms with Crippen LogP contribution in [0.15, 0.2) is 182 Å². The molecular weight excluding hydrogens is 781 g/mol. The van der Waals surface area contributed by atoms with Gasteiger partial charge >= 0.3 is 0 Å². The van der Waals surface area contributed by atoms with E-state index in [1.807, 2.05) is 33.8 Å². The van der Waals surface area contributed by atoms with E-state index in [9.17, 15) is 0 Å². The molecule has 320 valence electrons. The zero-order chi connectivity index (χ0) is 45.2. The van der Waals surface area contributed by atoms with Gasteiger partial charge in [-0.15, -0.1) is 0 Å². The van der Waals surface area contributed by atoms with Gasteiger partial charge in [0.05, 0.1) is 0 Å². The Morgan fingerprint density at radius 3 is 1.88 bits per heavy atom. The molecule has 2 aliphatic carbocycles.